The molecule has 106 valence electrons. The zero-order valence-electron chi connectivity index (χ0n) is 10.9. The van der Waals surface area contributed by atoms with Crippen LogP contribution in [0.3, 0.4) is 0 Å². The van der Waals surface area contributed by atoms with Crippen LogP contribution in [0.5, 0.6) is 0 Å². The van der Waals surface area contributed by atoms with Crippen molar-refractivity contribution in [1.29, 1.82) is 0 Å². The molecule has 0 radical (unpaired) electrons. The Balaban J connectivity index is 2.11. The molecule has 0 aliphatic heterocycles. The molecular weight excluding hydrogens is 337 g/mol. The lowest BCUT2D eigenvalue weighted by Gasteiger charge is -2.02. The van der Waals surface area contributed by atoms with Crippen molar-refractivity contribution in [2.75, 3.05) is 0 Å². The molecule has 0 atom stereocenters. The number of nitrogens with zero attached hydrogens (tertiary/aromatic N) is 1. The van der Waals surface area contributed by atoms with Crippen molar-refractivity contribution in [1.82, 2.24) is 5.16 Å². The van der Waals surface area contributed by atoms with Gasteiger partial charge in [-0.1, -0.05) is 33.2 Å². The molecule has 1 N–H and O–H groups in total. The summed E-state index contributed by atoms with van der Waals surface area (Å²) in [6.07, 6.45) is 0. The van der Waals surface area contributed by atoms with E-state index >= 15 is 0 Å². The second-order valence-corrected chi connectivity index (χ2v) is 5.43. The average molecular weight is 348 g/mol. The van der Waals surface area contributed by atoms with Crippen LogP contribution in [0.15, 0.2) is 57.5 Å². The predicted molar refractivity (Wildman–Crippen MR) is 81.0 cm³/mol. The number of halogens is 2. The van der Waals surface area contributed by atoms with Crippen LogP contribution in [-0.2, 0) is 6.61 Å². The summed E-state index contributed by atoms with van der Waals surface area (Å²) in [7, 11) is 0. The zero-order chi connectivity index (χ0) is 14.8. The predicted octanol–water partition coefficient (Wildman–Crippen LogP) is 4.40. The van der Waals surface area contributed by atoms with Gasteiger partial charge in [-0.2, -0.15) is 0 Å². The van der Waals surface area contributed by atoms with Gasteiger partial charge in [0.1, 0.15) is 11.5 Å². The average Bonchev–Trinajstić information content (AvgIpc) is 2.92. The van der Waals surface area contributed by atoms with Gasteiger partial charge >= 0.3 is 0 Å². The van der Waals surface area contributed by atoms with Gasteiger partial charge in [-0.25, -0.2) is 4.39 Å². The van der Waals surface area contributed by atoms with E-state index < -0.39 is 0 Å². The highest BCUT2D eigenvalue weighted by Crippen LogP contribution is 2.33. The second kappa shape index (κ2) is 5.79. The van der Waals surface area contributed by atoms with E-state index in [2.05, 4.69) is 21.1 Å². The highest BCUT2D eigenvalue weighted by atomic mass is 79.9. The summed E-state index contributed by atoms with van der Waals surface area (Å²) in [5, 5.41) is 13.7. The maximum Gasteiger partial charge on any atom is 0.173 e. The smallest absolute Gasteiger partial charge is 0.173 e. The first-order valence-corrected chi connectivity index (χ1v) is 7.09. The third-order valence-corrected chi connectivity index (χ3v) is 3.64. The quantitative estimate of drug-likeness (QED) is 0.763. The van der Waals surface area contributed by atoms with Crippen LogP contribution in [0, 0.1) is 5.82 Å². The summed E-state index contributed by atoms with van der Waals surface area (Å²) in [6, 6.07) is 13.5. The molecule has 1 heterocycles. The highest BCUT2D eigenvalue weighted by Gasteiger charge is 2.18. The fraction of sp³-hybridized carbons (Fsp3) is 0.0625. The van der Waals surface area contributed by atoms with E-state index in [1.165, 1.54) is 12.1 Å². The van der Waals surface area contributed by atoms with E-state index in [-0.39, 0.29) is 12.4 Å². The van der Waals surface area contributed by atoms with E-state index in [0.717, 1.165) is 10.0 Å². The molecule has 0 spiro atoms. The van der Waals surface area contributed by atoms with E-state index in [9.17, 15) is 9.50 Å². The third-order valence-electron chi connectivity index (χ3n) is 3.15. The van der Waals surface area contributed by atoms with Crippen LogP contribution < -0.4 is 0 Å². The SMILES string of the molecule is OCc1c(-c2ccc(F)cc2)noc1-c1cccc(Br)c1. The number of benzene rings is 2. The van der Waals surface area contributed by atoms with Gasteiger partial charge in [0.15, 0.2) is 5.76 Å². The normalized spacial score (nSPS) is 10.8. The molecule has 0 unspecified atom stereocenters. The van der Waals surface area contributed by atoms with Gasteiger partial charge < -0.3 is 9.63 Å². The lowest BCUT2D eigenvalue weighted by Crippen LogP contribution is -1.89. The van der Waals surface area contributed by atoms with E-state index in [1.54, 1.807) is 12.1 Å². The van der Waals surface area contributed by atoms with E-state index in [1.807, 2.05) is 24.3 Å². The first-order chi connectivity index (χ1) is 10.2. The largest absolute Gasteiger partial charge is 0.391 e. The van der Waals surface area contributed by atoms with Crippen molar-refractivity contribution in [3.63, 3.8) is 0 Å². The molecule has 5 heteroatoms. The lowest BCUT2D eigenvalue weighted by molar-refractivity contribution is 0.281. The van der Waals surface area contributed by atoms with Gasteiger partial charge in [-0.3, -0.25) is 0 Å². The van der Waals surface area contributed by atoms with Crippen molar-refractivity contribution in [2.45, 2.75) is 6.61 Å². The van der Waals surface area contributed by atoms with Crippen molar-refractivity contribution in [2.24, 2.45) is 0 Å². The second-order valence-electron chi connectivity index (χ2n) is 4.51. The number of hydrogen-bond donors (Lipinski definition) is 1. The Bertz CT molecular complexity index is 768. The van der Waals surface area contributed by atoms with Crippen LogP contribution in [0.1, 0.15) is 5.56 Å². The fourth-order valence-electron chi connectivity index (χ4n) is 2.15. The number of aliphatic hydroxyl groups is 1. The van der Waals surface area contributed by atoms with Crippen molar-refractivity contribution in [3.8, 4) is 22.6 Å². The molecule has 2 aromatic carbocycles. The summed E-state index contributed by atoms with van der Waals surface area (Å²) >= 11 is 3.40. The molecule has 0 amide bonds. The Kier molecular flexibility index (Phi) is 3.86. The van der Waals surface area contributed by atoms with Crippen LogP contribution in [0.4, 0.5) is 4.39 Å². The molecule has 1 aromatic heterocycles. The molecule has 0 aliphatic rings. The minimum Gasteiger partial charge on any atom is -0.391 e. The zero-order valence-corrected chi connectivity index (χ0v) is 12.5. The number of aromatic nitrogens is 1. The van der Waals surface area contributed by atoms with Crippen molar-refractivity contribution in [3.05, 3.63) is 64.4 Å². The Morgan fingerprint density at radius 2 is 1.86 bits per heavy atom. The van der Waals surface area contributed by atoms with Gasteiger partial charge in [0.05, 0.1) is 12.2 Å². The minimum absolute atomic E-state index is 0.210. The van der Waals surface area contributed by atoms with Crippen molar-refractivity contribution >= 4 is 15.9 Å². The summed E-state index contributed by atoms with van der Waals surface area (Å²) in [5.41, 5.74) is 2.62. The van der Waals surface area contributed by atoms with Crippen LogP contribution in [-0.4, -0.2) is 10.3 Å². The fourth-order valence-corrected chi connectivity index (χ4v) is 2.55. The standard InChI is InChI=1S/C16H11BrFNO2/c17-12-3-1-2-11(8-12)16-14(9-20)15(19-21-16)10-4-6-13(18)7-5-10/h1-8,20H,9H2. The summed E-state index contributed by atoms with van der Waals surface area (Å²) < 4.78 is 19.3. The van der Waals surface area contributed by atoms with E-state index in [4.69, 9.17) is 4.52 Å². The monoisotopic (exact) mass is 347 g/mol. The molecule has 21 heavy (non-hydrogen) atoms. The number of hydrogen-bond acceptors (Lipinski definition) is 3. The summed E-state index contributed by atoms with van der Waals surface area (Å²) in [4.78, 5) is 0. The van der Waals surface area contributed by atoms with Gasteiger partial charge in [-0.15, -0.1) is 0 Å². The maximum atomic E-state index is 13.0. The Morgan fingerprint density at radius 3 is 2.52 bits per heavy atom. The lowest BCUT2D eigenvalue weighted by atomic mass is 10.0. The van der Waals surface area contributed by atoms with Crippen LogP contribution >= 0.6 is 15.9 Å². The molecule has 3 nitrogen and oxygen atoms in total. The minimum atomic E-state index is -0.319. The highest BCUT2D eigenvalue weighted by molar-refractivity contribution is 9.10. The Morgan fingerprint density at radius 1 is 1.10 bits per heavy atom. The molecule has 3 aromatic rings. The van der Waals surface area contributed by atoms with Crippen molar-refractivity contribution < 1.29 is 14.0 Å². The topological polar surface area (TPSA) is 46.3 Å². The van der Waals surface area contributed by atoms with Crippen LogP contribution in [0.25, 0.3) is 22.6 Å². The molecular formula is C16H11BrFNO2. The number of rotatable bonds is 3. The number of aliphatic hydroxyl groups excluding tert-OH is 1. The Hall–Kier alpha value is -1.98. The molecule has 3 rings (SSSR count). The third kappa shape index (κ3) is 2.75. The van der Waals surface area contributed by atoms with E-state index in [0.29, 0.717) is 22.6 Å². The Labute approximate surface area is 129 Å². The molecule has 0 bridgehead atoms. The maximum absolute atomic E-state index is 13.0. The first kappa shape index (κ1) is 14.0. The van der Waals surface area contributed by atoms with Gasteiger partial charge in [0, 0.05) is 15.6 Å². The molecule has 0 aliphatic carbocycles. The summed E-state index contributed by atoms with van der Waals surface area (Å²) in [6.45, 7) is -0.210. The molecule has 0 saturated carbocycles. The van der Waals surface area contributed by atoms with Gasteiger partial charge in [-0.05, 0) is 36.4 Å². The first-order valence-electron chi connectivity index (χ1n) is 6.30. The van der Waals surface area contributed by atoms with Gasteiger partial charge in [0.25, 0.3) is 0 Å². The summed E-state index contributed by atoms with van der Waals surface area (Å²) in [5.74, 6) is 0.193. The van der Waals surface area contributed by atoms with Gasteiger partial charge in [0.2, 0.25) is 0 Å². The van der Waals surface area contributed by atoms with Crippen LogP contribution in [0.2, 0.25) is 0 Å². The molecule has 0 saturated heterocycles. The molecule has 0 fully saturated rings.